The van der Waals surface area contributed by atoms with Crippen molar-refractivity contribution >= 4 is 5.91 Å². The summed E-state index contributed by atoms with van der Waals surface area (Å²) in [4.78, 5) is 11.9. The maximum atomic E-state index is 11.9. The van der Waals surface area contributed by atoms with Gasteiger partial charge in [-0.2, -0.15) is 0 Å². The van der Waals surface area contributed by atoms with Crippen LogP contribution in [0.5, 0.6) is 0 Å². The SMILES string of the molecule is CC1CCCC(NC(=O)[C@@H]2CCNC2)C1. The molecule has 1 aliphatic carbocycles. The molecule has 1 heterocycles. The van der Waals surface area contributed by atoms with Crippen LogP contribution in [0.2, 0.25) is 0 Å². The fourth-order valence-electron chi connectivity index (χ4n) is 2.76. The summed E-state index contributed by atoms with van der Waals surface area (Å²) in [5.41, 5.74) is 0. The first kappa shape index (κ1) is 10.9. The number of carbonyl (C=O) groups excluding carboxylic acids is 1. The van der Waals surface area contributed by atoms with Gasteiger partial charge in [-0.15, -0.1) is 0 Å². The fourth-order valence-corrected chi connectivity index (χ4v) is 2.76. The second-order valence-electron chi connectivity index (χ2n) is 5.17. The second-order valence-corrected chi connectivity index (χ2v) is 5.17. The highest BCUT2D eigenvalue weighted by Gasteiger charge is 2.26. The van der Waals surface area contributed by atoms with Gasteiger partial charge in [-0.1, -0.05) is 19.8 Å². The Labute approximate surface area is 92.0 Å². The van der Waals surface area contributed by atoms with Gasteiger partial charge in [0.2, 0.25) is 5.91 Å². The lowest BCUT2D eigenvalue weighted by Crippen LogP contribution is -2.41. The van der Waals surface area contributed by atoms with Crippen LogP contribution in [0.3, 0.4) is 0 Å². The number of rotatable bonds is 2. The van der Waals surface area contributed by atoms with Crippen LogP contribution in [0.1, 0.15) is 39.0 Å². The zero-order valence-corrected chi connectivity index (χ0v) is 9.59. The van der Waals surface area contributed by atoms with Crippen LogP contribution in [0.15, 0.2) is 0 Å². The molecule has 1 aliphatic heterocycles. The van der Waals surface area contributed by atoms with E-state index in [-0.39, 0.29) is 11.8 Å². The van der Waals surface area contributed by atoms with Crippen LogP contribution in [-0.2, 0) is 4.79 Å². The molecule has 0 spiro atoms. The largest absolute Gasteiger partial charge is 0.353 e. The van der Waals surface area contributed by atoms with Crippen molar-refractivity contribution in [2.45, 2.75) is 45.1 Å². The third kappa shape index (κ3) is 2.94. The summed E-state index contributed by atoms with van der Waals surface area (Å²) in [6.07, 6.45) is 5.96. The fraction of sp³-hybridized carbons (Fsp3) is 0.917. The molecule has 15 heavy (non-hydrogen) atoms. The van der Waals surface area contributed by atoms with E-state index in [2.05, 4.69) is 17.6 Å². The van der Waals surface area contributed by atoms with Crippen molar-refractivity contribution < 1.29 is 4.79 Å². The third-order valence-electron chi connectivity index (χ3n) is 3.71. The smallest absolute Gasteiger partial charge is 0.224 e. The molecule has 0 aromatic rings. The van der Waals surface area contributed by atoms with Crippen LogP contribution >= 0.6 is 0 Å². The van der Waals surface area contributed by atoms with E-state index in [1.807, 2.05) is 0 Å². The highest BCUT2D eigenvalue weighted by atomic mass is 16.2. The summed E-state index contributed by atoms with van der Waals surface area (Å²) in [7, 11) is 0. The Hall–Kier alpha value is -0.570. The molecular formula is C12H22N2O. The van der Waals surface area contributed by atoms with Crippen molar-refractivity contribution in [3.8, 4) is 0 Å². The van der Waals surface area contributed by atoms with Crippen molar-refractivity contribution in [1.82, 2.24) is 10.6 Å². The predicted octanol–water partition coefficient (Wildman–Crippen LogP) is 1.29. The minimum atomic E-state index is 0.224. The molecule has 2 fully saturated rings. The van der Waals surface area contributed by atoms with Gasteiger partial charge in [0.1, 0.15) is 0 Å². The Morgan fingerprint density at radius 3 is 2.87 bits per heavy atom. The lowest BCUT2D eigenvalue weighted by molar-refractivity contribution is -0.125. The molecule has 3 atom stereocenters. The van der Waals surface area contributed by atoms with Crippen LogP contribution in [0.25, 0.3) is 0 Å². The van der Waals surface area contributed by atoms with Gasteiger partial charge < -0.3 is 10.6 Å². The zero-order valence-electron chi connectivity index (χ0n) is 9.59. The minimum absolute atomic E-state index is 0.224. The normalized spacial score (nSPS) is 36.5. The maximum Gasteiger partial charge on any atom is 0.224 e. The molecule has 2 aliphatic rings. The molecule has 0 bridgehead atoms. The lowest BCUT2D eigenvalue weighted by Gasteiger charge is -2.28. The maximum absolute atomic E-state index is 11.9. The molecule has 3 nitrogen and oxygen atoms in total. The Balaban J connectivity index is 1.77. The first-order chi connectivity index (χ1) is 7.25. The number of carbonyl (C=O) groups is 1. The molecule has 2 unspecified atom stereocenters. The van der Waals surface area contributed by atoms with Crippen molar-refractivity contribution in [3.63, 3.8) is 0 Å². The number of hydrogen-bond donors (Lipinski definition) is 2. The van der Waals surface area contributed by atoms with Crippen molar-refractivity contribution in [2.24, 2.45) is 11.8 Å². The molecule has 1 amide bonds. The van der Waals surface area contributed by atoms with Gasteiger partial charge in [-0.3, -0.25) is 4.79 Å². The van der Waals surface area contributed by atoms with E-state index >= 15 is 0 Å². The first-order valence-electron chi connectivity index (χ1n) is 6.27. The lowest BCUT2D eigenvalue weighted by atomic mass is 9.87. The standard InChI is InChI=1S/C12H22N2O/c1-9-3-2-4-11(7-9)14-12(15)10-5-6-13-8-10/h9-11,13H,2-8H2,1H3,(H,14,15)/t9?,10-,11?/m1/s1. The van der Waals surface area contributed by atoms with Crippen LogP contribution in [0, 0.1) is 11.8 Å². The molecule has 0 aromatic heterocycles. The number of nitrogens with one attached hydrogen (secondary N) is 2. The zero-order chi connectivity index (χ0) is 10.7. The molecule has 3 heteroatoms. The summed E-state index contributed by atoms with van der Waals surface area (Å²) >= 11 is 0. The van der Waals surface area contributed by atoms with Crippen molar-refractivity contribution in [2.75, 3.05) is 13.1 Å². The topological polar surface area (TPSA) is 41.1 Å². The van der Waals surface area contributed by atoms with Crippen molar-refractivity contribution in [1.29, 1.82) is 0 Å². The monoisotopic (exact) mass is 210 g/mol. The molecule has 0 aromatic carbocycles. The van der Waals surface area contributed by atoms with E-state index < -0.39 is 0 Å². The van der Waals surface area contributed by atoms with Gasteiger partial charge in [-0.05, 0) is 31.7 Å². The summed E-state index contributed by atoms with van der Waals surface area (Å²) < 4.78 is 0. The molecular weight excluding hydrogens is 188 g/mol. The van der Waals surface area contributed by atoms with E-state index in [4.69, 9.17) is 0 Å². The first-order valence-corrected chi connectivity index (χ1v) is 6.27. The highest BCUT2D eigenvalue weighted by Crippen LogP contribution is 2.23. The summed E-state index contributed by atoms with van der Waals surface area (Å²) in [5.74, 6) is 1.28. The Bertz CT molecular complexity index is 224. The van der Waals surface area contributed by atoms with Crippen molar-refractivity contribution in [3.05, 3.63) is 0 Å². The molecule has 1 saturated carbocycles. The number of hydrogen-bond acceptors (Lipinski definition) is 2. The van der Waals surface area contributed by atoms with E-state index in [1.54, 1.807) is 0 Å². The van der Waals surface area contributed by atoms with E-state index in [0.717, 1.165) is 25.4 Å². The average molecular weight is 210 g/mol. The summed E-state index contributed by atoms with van der Waals surface area (Å²) in [6.45, 7) is 4.16. The summed E-state index contributed by atoms with van der Waals surface area (Å²) in [5, 5.41) is 6.45. The molecule has 2 N–H and O–H groups in total. The Morgan fingerprint density at radius 1 is 1.33 bits per heavy atom. The van der Waals surface area contributed by atoms with Gasteiger partial charge in [0.15, 0.2) is 0 Å². The Morgan fingerprint density at radius 2 is 2.20 bits per heavy atom. The van der Waals surface area contributed by atoms with Gasteiger partial charge in [0.25, 0.3) is 0 Å². The molecule has 0 radical (unpaired) electrons. The van der Waals surface area contributed by atoms with Gasteiger partial charge in [0, 0.05) is 12.6 Å². The molecule has 2 rings (SSSR count). The average Bonchev–Trinajstić information content (AvgIpc) is 2.70. The van der Waals surface area contributed by atoms with Gasteiger partial charge in [0.05, 0.1) is 5.92 Å². The second kappa shape index (κ2) is 4.97. The number of amides is 1. The van der Waals surface area contributed by atoms with E-state index in [9.17, 15) is 4.79 Å². The van der Waals surface area contributed by atoms with Crippen LogP contribution in [0.4, 0.5) is 0 Å². The van der Waals surface area contributed by atoms with Crippen LogP contribution < -0.4 is 10.6 Å². The van der Waals surface area contributed by atoms with E-state index in [0.29, 0.717) is 6.04 Å². The van der Waals surface area contributed by atoms with Gasteiger partial charge in [-0.25, -0.2) is 0 Å². The summed E-state index contributed by atoms with van der Waals surface area (Å²) in [6, 6.07) is 0.446. The minimum Gasteiger partial charge on any atom is -0.353 e. The molecule has 86 valence electrons. The highest BCUT2D eigenvalue weighted by molar-refractivity contribution is 5.79. The third-order valence-corrected chi connectivity index (χ3v) is 3.71. The van der Waals surface area contributed by atoms with Gasteiger partial charge >= 0.3 is 0 Å². The predicted molar refractivity (Wildman–Crippen MR) is 60.5 cm³/mol. The van der Waals surface area contributed by atoms with E-state index in [1.165, 1.54) is 25.7 Å². The molecule has 1 saturated heterocycles. The quantitative estimate of drug-likeness (QED) is 0.721. The van der Waals surface area contributed by atoms with Crippen LogP contribution in [-0.4, -0.2) is 25.0 Å². The Kier molecular flexibility index (Phi) is 3.62.